The third-order valence-electron chi connectivity index (χ3n) is 4.57. The first-order chi connectivity index (χ1) is 11.6. The second-order valence-corrected chi connectivity index (χ2v) is 6.92. The van der Waals surface area contributed by atoms with Crippen molar-refractivity contribution in [1.29, 1.82) is 0 Å². The average molecular weight is 343 g/mol. The van der Waals surface area contributed by atoms with Gasteiger partial charge in [-0.2, -0.15) is 0 Å². The normalized spacial score (nSPS) is 17.0. The molecular formula is C20H23ClN2O. The zero-order chi connectivity index (χ0) is 16.9. The number of benzene rings is 2. The maximum Gasteiger partial charge on any atom is 0.253 e. The minimum absolute atomic E-state index is 0.0290. The minimum atomic E-state index is 0.0290. The van der Waals surface area contributed by atoms with Crippen molar-refractivity contribution >= 4 is 17.5 Å². The van der Waals surface area contributed by atoms with Gasteiger partial charge < -0.3 is 10.2 Å². The molecule has 0 bridgehead atoms. The summed E-state index contributed by atoms with van der Waals surface area (Å²) < 4.78 is 0. The second kappa shape index (κ2) is 7.82. The molecule has 4 heteroatoms. The van der Waals surface area contributed by atoms with Gasteiger partial charge in [0.15, 0.2) is 0 Å². The van der Waals surface area contributed by atoms with Crippen LogP contribution in [0, 0.1) is 5.92 Å². The lowest BCUT2D eigenvalue weighted by Gasteiger charge is -2.19. The summed E-state index contributed by atoms with van der Waals surface area (Å²) in [6.45, 7) is 2.68. The van der Waals surface area contributed by atoms with Gasteiger partial charge in [-0.05, 0) is 61.2 Å². The molecule has 1 unspecified atom stereocenters. The summed E-state index contributed by atoms with van der Waals surface area (Å²) in [6.07, 6.45) is 2.24. The van der Waals surface area contributed by atoms with Crippen molar-refractivity contribution in [1.82, 2.24) is 10.2 Å². The molecule has 2 aromatic carbocycles. The number of carbonyl (C=O) groups is 1. The predicted molar refractivity (Wildman–Crippen MR) is 98.4 cm³/mol. The van der Waals surface area contributed by atoms with Gasteiger partial charge in [0, 0.05) is 24.2 Å². The lowest BCUT2D eigenvalue weighted by molar-refractivity contribution is 0.0785. The Morgan fingerprint density at radius 3 is 2.83 bits per heavy atom. The van der Waals surface area contributed by atoms with E-state index in [1.807, 2.05) is 49.5 Å². The molecule has 1 aliphatic rings. The zero-order valence-electron chi connectivity index (χ0n) is 14.0. The monoisotopic (exact) mass is 342 g/mol. The lowest BCUT2D eigenvalue weighted by atomic mass is 9.97. The highest BCUT2D eigenvalue weighted by Crippen LogP contribution is 2.19. The molecule has 0 radical (unpaired) electrons. The third-order valence-corrected chi connectivity index (χ3v) is 4.94. The van der Waals surface area contributed by atoms with E-state index in [9.17, 15) is 4.79 Å². The molecule has 126 valence electrons. The van der Waals surface area contributed by atoms with Gasteiger partial charge in [-0.25, -0.2) is 0 Å². The molecule has 1 N–H and O–H groups in total. The van der Waals surface area contributed by atoms with Crippen molar-refractivity contribution in [2.24, 2.45) is 5.92 Å². The quantitative estimate of drug-likeness (QED) is 0.897. The second-order valence-electron chi connectivity index (χ2n) is 6.52. The summed E-state index contributed by atoms with van der Waals surface area (Å²) in [5, 5.41) is 4.09. The number of hydrogen-bond acceptors (Lipinski definition) is 2. The topological polar surface area (TPSA) is 32.3 Å². The van der Waals surface area contributed by atoms with Crippen molar-refractivity contribution < 1.29 is 4.79 Å². The van der Waals surface area contributed by atoms with Crippen LogP contribution in [0.3, 0.4) is 0 Å². The van der Waals surface area contributed by atoms with E-state index in [1.165, 1.54) is 12.0 Å². The van der Waals surface area contributed by atoms with E-state index in [2.05, 4.69) is 11.4 Å². The highest BCUT2D eigenvalue weighted by atomic mass is 35.5. The molecule has 3 rings (SSSR count). The van der Waals surface area contributed by atoms with Crippen LogP contribution in [0.25, 0.3) is 0 Å². The summed E-state index contributed by atoms with van der Waals surface area (Å²) in [5.74, 6) is 0.706. The molecule has 0 aliphatic carbocycles. The van der Waals surface area contributed by atoms with Crippen LogP contribution >= 0.6 is 11.6 Å². The Morgan fingerprint density at radius 2 is 2.08 bits per heavy atom. The summed E-state index contributed by atoms with van der Waals surface area (Å²) >= 11 is 6.20. The highest BCUT2D eigenvalue weighted by Gasteiger charge is 2.17. The first kappa shape index (κ1) is 17.0. The van der Waals surface area contributed by atoms with E-state index in [4.69, 9.17) is 11.6 Å². The number of nitrogens with zero attached hydrogens (tertiary/aromatic N) is 1. The lowest BCUT2D eigenvalue weighted by Crippen LogP contribution is -2.26. The number of hydrogen-bond donors (Lipinski definition) is 1. The SMILES string of the molecule is CN(Cc1ccccc1Cl)C(=O)c1cccc(CC2CCNC2)c1. The Kier molecular flexibility index (Phi) is 5.54. The Balaban J connectivity index is 1.68. The molecule has 1 heterocycles. The summed E-state index contributed by atoms with van der Waals surface area (Å²) in [6, 6.07) is 15.7. The van der Waals surface area contributed by atoms with Gasteiger partial charge >= 0.3 is 0 Å². The molecule has 0 saturated carbocycles. The summed E-state index contributed by atoms with van der Waals surface area (Å²) in [5.41, 5.74) is 2.94. The molecule has 2 aromatic rings. The smallest absolute Gasteiger partial charge is 0.253 e. The van der Waals surface area contributed by atoms with E-state index < -0.39 is 0 Å². The first-order valence-electron chi connectivity index (χ1n) is 8.42. The number of halogens is 1. The highest BCUT2D eigenvalue weighted by molar-refractivity contribution is 6.31. The van der Waals surface area contributed by atoms with Gasteiger partial charge in [-0.3, -0.25) is 4.79 Å². The minimum Gasteiger partial charge on any atom is -0.337 e. The van der Waals surface area contributed by atoms with Gasteiger partial charge in [0.2, 0.25) is 0 Å². The molecule has 0 spiro atoms. The van der Waals surface area contributed by atoms with Crippen LogP contribution in [0.1, 0.15) is 27.9 Å². The fraction of sp³-hybridized carbons (Fsp3) is 0.350. The zero-order valence-corrected chi connectivity index (χ0v) is 14.7. The molecule has 1 fully saturated rings. The Bertz CT molecular complexity index is 710. The Labute approximate surface area is 148 Å². The first-order valence-corrected chi connectivity index (χ1v) is 8.80. The molecule has 3 nitrogen and oxygen atoms in total. The fourth-order valence-corrected chi connectivity index (χ4v) is 3.42. The summed E-state index contributed by atoms with van der Waals surface area (Å²) in [4.78, 5) is 14.4. The predicted octanol–water partition coefficient (Wildman–Crippen LogP) is 3.76. The van der Waals surface area contributed by atoms with Gasteiger partial charge in [0.1, 0.15) is 0 Å². The van der Waals surface area contributed by atoms with E-state index in [0.717, 1.165) is 30.6 Å². The van der Waals surface area contributed by atoms with E-state index in [1.54, 1.807) is 4.90 Å². The number of rotatable bonds is 5. The third kappa shape index (κ3) is 4.16. The fourth-order valence-electron chi connectivity index (χ4n) is 3.23. The van der Waals surface area contributed by atoms with Gasteiger partial charge in [-0.1, -0.05) is 41.9 Å². The number of amides is 1. The van der Waals surface area contributed by atoms with Crippen LogP contribution in [-0.2, 0) is 13.0 Å². The number of nitrogens with one attached hydrogen (secondary N) is 1. The van der Waals surface area contributed by atoms with Crippen LogP contribution in [0.4, 0.5) is 0 Å². The van der Waals surface area contributed by atoms with Crippen LogP contribution in [0.15, 0.2) is 48.5 Å². The van der Waals surface area contributed by atoms with Crippen LogP contribution in [0.2, 0.25) is 5.02 Å². The van der Waals surface area contributed by atoms with Crippen molar-refractivity contribution in [3.63, 3.8) is 0 Å². The Morgan fingerprint density at radius 1 is 1.25 bits per heavy atom. The van der Waals surface area contributed by atoms with Gasteiger partial charge in [0.05, 0.1) is 0 Å². The van der Waals surface area contributed by atoms with E-state index in [-0.39, 0.29) is 5.91 Å². The van der Waals surface area contributed by atoms with Crippen LogP contribution in [-0.4, -0.2) is 30.9 Å². The average Bonchev–Trinajstić information content (AvgIpc) is 3.09. The molecule has 0 aromatic heterocycles. The van der Waals surface area contributed by atoms with E-state index in [0.29, 0.717) is 17.5 Å². The van der Waals surface area contributed by atoms with Crippen molar-refractivity contribution in [3.05, 3.63) is 70.2 Å². The van der Waals surface area contributed by atoms with Crippen molar-refractivity contribution in [2.75, 3.05) is 20.1 Å². The standard InChI is InChI=1S/C20H23ClN2O/c1-23(14-18-6-2-3-8-19(18)21)20(24)17-7-4-5-15(12-17)11-16-9-10-22-13-16/h2-8,12,16,22H,9-11,13-14H2,1H3. The largest absolute Gasteiger partial charge is 0.337 e. The van der Waals surface area contributed by atoms with Gasteiger partial charge in [-0.15, -0.1) is 0 Å². The number of carbonyl (C=O) groups excluding carboxylic acids is 1. The molecular weight excluding hydrogens is 320 g/mol. The molecule has 1 amide bonds. The molecule has 24 heavy (non-hydrogen) atoms. The van der Waals surface area contributed by atoms with Crippen LogP contribution in [0.5, 0.6) is 0 Å². The van der Waals surface area contributed by atoms with Crippen molar-refractivity contribution in [3.8, 4) is 0 Å². The maximum atomic E-state index is 12.7. The Hall–Kier alpha value is -1.84. The molecule has 1 aliphatic heterocycles. The molecule has 1 atom stereocenters. The maximum absolute atomic E-state index is 12.7. The van der Waals surface area contributed by atoms with Gasteiger partial charge in [0.25, 0.3) is 5.91 Å². The van der Waals surface area contributed by atoms with Crippen LogP contribution < -0.4 is 5.32 Å². The van der Waals surface area contributed by atoms with Crippen molar-refractivity contribution in [2.45, 2.75) is 19.4 Å². The van der Waals surface area contributed by atoms with E-state index >= 15 is 0 Å². The molecule has 1 saturated heterocycles. The summed E-state index contributed by atoms with van der Waals surface area (Å²) in [7, 11) is 1.82.